The van der Waals surface area contributed by atoms with Gasteiger partial charge in [-0.2, -0.15) is 0 Å². The Kier molecular flexibility index (Phi) is 6.31. The standard InChI is InChI=1S/C10H23NO4/c1-5-15-10(2,3)9(14-4)8(11)7(13)6-12/h7-9,12-13H,5-6,11H2,1-4H3. The largest absolute Gasteiger partial charge is 0.394 e. The fourth-order valence-corrected chi connectivity index (χ4v) is 1.68. The number of aliphatic hydroxyl groups excluding tert-OH is 2. The molecule has 3 atom stereocenters. The maximum absolute atomic E-state index is 9.45. The molecular formula is C10H23NO4. The Morgan fingerprint density at radius 3 is 2.27 bits per heavy atom. The minimum absolute atomic E-state index is 0.386. The van der Waals surface area contributed by atoms with Gasteiger partial charge in [-0.05, 0) is 20.8 Å². The van der Waals surface area contributed by atoms with Crippen molar-refractivity contribution in [2.45, 2.75) is 44.6 Å². The highest BCUT2D eigenvalue weighted by molar-refractivity contribution is 4.92. The molecule has 4 N–H and O–H groups in total. The van der Waals surface area contributed by atoms with Gasteiger partial charge < -0.3 is 25.4 Å². The van der Waals surface area contributed by atoms with E-state index in [0.717, 1.165) is 0 Å². The van der Waals surface area contributed by atoms with Crippen LogP contribution in [0.15, 0.2) is 0 Å². The van der Waals surface area contributed by atoms with Gasteiger partial charge in [-0.25, -0.2) is 0 Å². The van der Waals surface area contributed by atoms with Crippen molar-refractivity contribution in [1.82, 2.24) is 0 Å². The summed E-state index contributed by atoms with van der Waals surface area (Å²) >= 11 is 0. The summed E-state index contributed by atoms with van der Waals surface area (Å²) in [4.78, 5) is 0. The van der Waals surface area contributed by atoms with Gasteiger partial charge in [-0.1, -0.05) is 0 Å². The molecule has 15 heavy (non-hydrogen) atoms. The first kappa shape index (κ1) is 14.8. The summed E-state index contributed by atoms with van der Waals surface area (Å²) < 4.78 is 10.7. The summed E-state index contributed by atoms with van der Waals surface area (Å²) in [6.45, 7) is 5.71. The van der Waals surface area contributed by atoms with E-state index < -0.39 is 23.9 Å². The van der Waals surface area contributed by atoms with E-state index in [1.165, 1.54) is 7.11 Å². The molecule has 0 aliphatic rings. The summed E-state index contributed by atoms with van der Waals surface area (Å²) in [5.74, 6) is 0. The van der Waals surface area contributed by atoms with E-state index in [9.17, 15) is 5.11 Å². The van der Waals surface area contributed by atoms with E-state index in [0.29, 0.717) is 6.61 Å². The molecule has 0 amide bonds. The number of hydrogen-bond acceptors (Lipinski definition) is 5. The van der Waals surface area contributed by atoms with Crippen molar-refractivity contribution in [3.8, 4) is 0 Å². The van der Waals surface area contributed by atoms with Crippen LogP contribution in [0.2, 0.25) is 0 Å². The van der Waals surface area contributed by atoms with Crippen LogP contribution in [0.25, 0.3) is 0 Å². The molecule has 0 saturated carbocycles. The van der Waals surface area contributed by atoms with Gasteiger partial charge in [0.05, 0.1) is 24.4 Å². The van der Waals surface area contributed by atoms with Crippen molar-refractivity contribution in [2.24, 2.45) is 5.73 Å². The quantitative estimate of drug-likeness (QED) is 0.539. The summed E-state index contributed by atoms with van der Waals surface area (Å²) in [7, 11) is 1.51. The zero-order chi connectivity index (χ0) is 12.1. The Morgan fingerprint density at radius 1 is 1.40 bits per heavy atom. The van der Waals surface area contributed by atoms with Crippen LogP contribution < -0.4 is 5.73 Å². The Hall–Kier alpha value is -0.200. The van der Waals surface area contributed by atoms with Crippen LogP contribution in [0.4, 0.5) is 0 Å². The lowest BCUT2D eigenvalue weighted by Crippen LogP contribution is -2.57. The second kappa shape index (κ2) is 6.40. The molecule has 0 aromatic carbocycles. The Bertz CT molecular complexity index is 175. The molecule has 0 aliphatic carbocycles. The molecule has 0 bridgehead atoms. The van der Waals surface area contributed by atoms with Gasteiger partial charge in [0.1, 0.15) is 6.10 Å². The molecule has 0 radical (unpaired) electrons. The first-order chi connectivity index (χ1) is 6.90. The van der Waals surface area contributed by atoms with Crippen LogP contribution >= 0.6 is 0 Å². The van der Waals surface area contributed by atoms with Gasteiger partial charge in [-0.15, -0.1) is 0 Å². The molecular weight excluding hydrogens is 198 g/mol. The zero-order valence-corrected chi connectivity index (χ0v) is 9.93. The molecule has 0 heterocycles. The lowest BCUT2D eigenvalue weighted by atomic mass is 9.92. The topological polar surface area (TPSA) is 84.9 Å². The molecule has 92 valence electrons. The van der Waals surface area contributed by atoms with Gasteiger partial charge in [0.25, 0.3) is 0 Å². The monoisotopic (exact) mass is 221 g/mol. The highest BCUT2D eigenvalue weighted by atomic mass is 16.5. The second-order valence-electron chi connectivity index (χ2n) is 4.02. The van der Waals surface area contributed by atoms with Crippen molar-refractivity contribution < 1.29 is 19.7 Å². The predicted molar refractivity (Wildman–Crippen MR) is 57.6 cm³/mol. The Morgan fingerprint density at radius 2 is 1.93 bits per heavy atom. The molecule has 5 heteroatoms. The zero-order valence-electron chi connectivity index (χ0n) is 9.93. The second-order valence-corrected chi connectivity index (χ2v) is 4.02. The maximum atomic E-state index is 9.45. The van der Waals surface area contributed by atoms with Crippen LogP contribution in [-0.4, -0.2) is 54.4 Å². The molecule has 0 aromatic heterocycles. The molecule has 0 aromatic rings. The van der Waals surface area contributed by atoms with Crippen molar-refractivity contribution >= 4 is 0 Å². The van der Waals surface area contributed by atoms with Gasteiger partial charge in [0.2, 0.25) is 0 Å². The molecule has 0 fully saturated rings. The molecule has 0 spiro atoms. The third kappa shape index (κ3) is 4.04. The molecule has 5 nitrogen and oxygen atoms in total. The summed E-state index contributed by atoms with van der Waals surface area (Å²) in [6.07, 6.45) is -1.48. The van der Waals surface area contributed by atoms with Gasteiger partial charge in [-0.3, -0.25) is 0 Å². The van der Waals surface area contributed by atoms with Gasteiger partial charge >= 0.3 is 0 Å². The SMILES string of the molecule is CCOC(C)(C)C(OC)C(N)C(O)CO. The lowest BCUT2D eigenvalue weighted by Gasteiger charge is -2.37. The van der Waals surface area contributed by atoms with Gasteiger partial charge in [0.15, 0.2) is 0 Å². The highest BCUT2D eigenvalue weighted by Gasteiger charge is 2.37. The number of methoxy groups -OCH3 is 1. The fraction of sp³-hybridized carbons (Fsp3) is 1.00. The third-order valence-corrected chi connectivity index (χ3v) is 2.44. The van der Waals surface area contributed by atoms with Crippen LogP contribution in [0.1, 0.15) is 20.8 Å². The molecule has 0 aliphatic heterocycles. The van der Waals surface area contributed by atoms with Crippen LogP contribution in [-0.2, 0) is 9.47 Å². The van der Waals surface area contributed by atoms with Crippen molar-refractivity contribution in [3.05, 3.63) is 0 Å². The smallest absolute Gasteiger partial charge is 0.103 e. The van der Waals surface area contributed by atoms with Gasteiger partial charge in [0, 0.05) is 13.7 Å². The number of aliphatic hydroxyl groups is 2. The Balaban J connectivity index is 4.58. The summed E-state index contributed by atoms with van der Waals surface area (Å²) in [6, 6.07) is -0.679. The normalized spacial score (nSPS) is 18.6. The average Bonchev–Trinajstić information content (AvgIpc) is 2.16. The minimum atomic E-state index is -1.00. The maximum Gasteiger partial charge on any atom is 0.103 e. The fourth-order valence-electron chi connectivity index (χ4n) is 1.68. The highest BCUT2D eigenvalue weighted by Crippen LogP contribution is 2.21. The molecule has 0 rings (SSSR count). The number of hydrogen-bond donors (Lipinski definition) is 3. The first-order valence-electron chi connectivity index (χ1n) is 5.12. The van der Waals surface area contributed by atoms with E-state index in [-0.39, 0.29) is 6.61 Å². The average molecular weight is 221 g/mol. The van der Waals surface area contributed by atoms with Crippen molar-refractivity contribution in [2.75, 3.05) is 20.3 Å². The Labute approximate surface area is 91.2 Å². The van der Waals surface area contributed by atoms with Crippen molar-refractivity contribution in [1.29, 1.82) is 0 Å². The molecule has 0 saturated heterocycles. The number of ether oxygens (including phenoxy) is 2. The molecule has 3 unspecified atom stereocenters. The van der Waals surface area contributed by atoms with E-state index >= 15 is 0 Å². The van der Waals surface area contributed by atoms with E-state index in [2.05, 4.69) is 0 Å². The van der Waals surface area contributed by atoms with Crippen LogP contribution in [0.3, 0.4) is 0 Å². The summed E-state index contributed by atoms with van der Waals surface area (Å²) in [5.41, 5.74) is 5.19. The number of rotatable bonds is 7. The summed E-state index contributed by atoms with van der Waals surface area (Å²) in [5, 5.41) is 18.3. The van der Waals surface area contributed by atoms with E-state index in [1.807, 2.05) is 20.8 Å². The van der Waals surface area contributed by atoms with E-state index in [1.54, 1.807) is 0 Å². The van der Waals surface area contributed by atoms with E-state index in [4.69, 9.17) is 20.3 Å². The van der Waals surface area contributed by atoms with Crippen LogP contribution in [0.5, 0.6) is 0 Å². The number of nitrogens with two attached hydrogens (primary N) is 1. The van der Waals surface area contributed by atoms with Crippen molar-refractivity contribution in [3.63, 3.8) is 0 Å². The van der Waals surface area contributed by atoms with Crippen LogP contribution in [0, 0.1) is 0 Å². The minimum Gasteiger partial charge on any atom is -0.394 e. The third-order valence-electron chi connectivity index (χ3n) is 2.44. The predicted octanol–water partition coefficient (Wildman–Crippen LogP) is -0.503. The first-order valence-corrected chi connectivity index (χ1v) is 5.12. The lowest BCUT2D eigenvalue weighted by molar-refractivity contribution is -0.134.